The molecule has 170 valence electrons. The highest BCUT2D eigenvalue weighted by Gasteiger charge is 2.37. The standard InChI is InChI=1S/C24H22ClFN4O3/c1-33-22-11-2-15(13-27-22)20-14-30(19-9-5-17(26)6-10-19)23(31)12-21(20)29-24(32)28-18-7-3-16(25)4-8-18/h2-11,13,20-21H,12,14H2,1H3,(H2,28,29,32)/t20-,21+/m0/s1. The number of halogens is 2. The number of carbonyl (C=O) groups excluding carboxylic acids is 2. The predicted octanol–water partition coefficient (Wildman–Crippen LogP) is 4.59. The second-order valence-corrected chi connectivity index (χ2v) is 8.07. The fourth-order valence-electron chi connectivity index (χ4n) is 3.83. The maximum absolute atomic E-state index is 13.4. The summed E-state index contributed by atoms with van der Waals surface area (Å²) < 4.78 is 18.5. The number of hydrogen-bond donors (Lipinski definition) is 2. The molecule has 1 aliphatic heterocycles. The van der Waals surface area contributed by atoms with E-state index in [0.29, 0.717) is 28.8 Å². The molecule has 0 saturated carbocycles. The van der Waals surface area contributed by atoms with Crippen LogP contribution in [0, 0.1) is 5.82 Å². The van der Waals surface area contributed by atoms with Crippen molar-refractivity contribution in [1.29, 1.82) is 0 Å². The van der Waals surface area contributed by atoms with E-state index < -0.39 is 12.1 Å². The zero-order chi connectivity index (χ0) is 23.4. The fourth-order valence-corrected chi connectivity index (χ4v) is 3.95. The first-order valence-electron chi connectivity index (χ1n) is 10.3. The predicted molar refractivity (Wildman–Crippen MR) is 124 cm³/mol. The Morgan fingerprint density at radius 3 is 2.48 bits per heavy atom. The number of nitrogens with one attached hydrogen (secondary N) is 2. The van der Waals surface area contributed by atoms with Gasteiger partial charge in [0.1, 0.15) is 5.82 Å². The highest BCUT2D eigenvalue weighted by Crippen LogP contribution is 2.32. The zero-order valence-electron chi connectivity index (χ0n) is 17.8. The van der Waals surface area contributed by atoms with E-state index in [1.807, 2.05) is 6.07 Å². The Kier molecular flexibility index (Phi) is 6.74. The highest BCUT2D eigenvalue weighted by atomic mass is 35.5. The Hall–Kier alpha value is -3.65. The van der Waals surface area contributed by atoms with E-state index in [0.717, 1.165) is 5.56 Å². The number of amides is 3. The number of hydrogen-bond acceptors (Lipinski definition) is 4. The molecule has 3 aromatic rings. The first-order valence-corrected chi connectivity index (χ1v) is 10.7. The second kappa shape index (κ2) is 9.87. The van der Waals surface area contributed by atoms with Gasteiger partial charge in [-0.3, -0.25) is 4.79 Å². The van der Waals surface area contributed by atoms with E-state index >= 15 is 0 Å². The molecule has 1 saturated heterocycles. The Bertz CT molecular complexity index is 1120. The van der Waals surface area contributed by atoms with Gasteiger partial charge in [-0.2, -0.15) is 0 Å². The molecule has 9 heteroatoms. The number of nitrogens with zero attached hydrogens (tertiary/aromatic N) is 2. The van der Waals surface area contributed by atoms with Crippen LogP contribution >= 0.6 is 11.6 Å². The largest absolute Gasteiger partial charge is 0.481 e. The first-order chi connectivity index (χ1) is 15.9. The number of pyridine rings is 1. The lowest BCUT2D eigenvalue weighted by molar-refractivity contribution is -0.120. The van der Waals surface area contributed by atoms with Gasteiger partial charge in [-0.25, -0.2) is 14.2 Å². The Balaban J connectivity index is 1.56. The van der Waals surface area contributed by atoms with Crippen LogP contribution in [0.3, 0.4) is 0 Å². The van der Waals surface area contributed by atoms with Crippen LogP contribution in [0.4, 0.5) is 20.6 Å². The lowest BCUT2D eigenvalue weighted by Crippen LogP contribution is -2.53. The molecule has 4 rings (SSSR count). The van der Waals surface area contributed by atoms with E-state index in [1.165, 1.54) is 19.2 Å². The van der Waals surface area contributed by atoms with E-state index in [4.69, 9.17) is 16.3 Å². The lowest BCUT2D eigenvalue weighted by atomic mass is 9.86. The van der Waals surface area contributed by atoms with Crippen molar-refractivity contribution in [1.82, 2.24) is 10.3 Å². The van der Waals surface area contributed by atoms with Gasteiger partial charge in [-0.05, 0) is 54.1 Å². The normalized spacial score (nSPS) is 18.0. The van der Waals surface area contributed by atoms with Crippen LogP contribution in [0.1, 0.15) is 17.9 Å². The van der Waals surface area contributed by atoms with Crippen LogP contribution in [-0.2, 0) is 4.79 Å². The second-order valence-electron chi connectivity index (χ2n) is 7.64. The molecule has 1 aromatic heterocycles. The average molecular weight is 469 g/mol. The maximum atomic E-state index is 13.4. The molecule has 2 aromatic carbocycles. The van der Waals surface area contributed by atoms with Gasteiger partial charge in [0, 0.05) is 53.6 Å². The van der Waals surface area contributed by atoms with Crippen molar-refractivity contribution < 1.29 is 18.7 Å². The van der Waals surface area contributed by atoms with Crippen molar-refractivity contribution in [3.63, 3.8) is 0 Å². The molecule has 2 N–H and O–H groups in total. The van der Waals surface area contributed by atoms with Gasteiger partial charge < -0.3 is 20.3 Å². The number of methoxy groups -OCH3 is 1. The number of ether oxygens (including phenoxy) is 1. The van der Waals surface area contributed by atoms with Crippen molar-refractivity contribution in [2.75, 3.05) is 23.9 Å². The van der Waals surface area contributed by atoms with Crippen LogP contribution in [0.5, 0.6) is 5.88 Å². The number of anilines is 2. The van der Waals surface area contributed by atoms with Gasteiger partial charge in [0.05, 0.1) is 7.11 Å². The average Bonchev–Trinajstić information content (AvgIpc) is 2.81. The molecule has 0 spiro atoms. The van der Waals surface area contributed by atoms with Gasteiger partial charge in [-0.15, -0.1) is 0 Å². The summed E-state index contributed by atoms with van der Waals surface area (Å²) in [5.74, 6) is -0.332. The van der Waals surface area contributed by atoms with Crippen LogP contribution < -0.4 is 20.3 Å². The highest BCUT2D eigenvalue weighted by molar-refractivity contribution is 6.30. The van der Waals surface area contributed by atoms with Crippen molar-refractivity contribution in [3.8, 4) is 5.88 Å². The summed E-state index contributed by atoms with van der Waals surface area (Å²) in [7, 11) is 1.53. The summed E-state index contributed by atoms with van der Waals surface area (Å²) in [5.41, 5.74) is 2.01. The topological polar surface area (TPSA) is 83.6 Å². The molecule has 1 fully saturated rings. The Morgan fingerprint density at radius 1 is 1.12 bits per heavy atom. The van der Waals surface area contributed by atoms with Crippen LogP contribution in [-0.4, -0.2) is 36.6 Å². The summed E-state index contributed by atoms with van der Waals surface area (Å²) in [6.07, 6.45) is 1.75. The third kappa shape index (κ3) is 5.40. The number of aromatic nitrogens is 1. The zero-order valence-corrected chi connectivity index (χ0v) is 18.6. The van der Waals surface area contributed by atoms with Crippen molar-refractivity contribution in [2.45, 2.75) is 18.4 Å². The fraction of sp³-hybridized carbons (Fsp3) is 0.208. The van der Waals surface area contributed by atoms with Gasteiger partial charge in [-0.1, -0.05) is 17.7 Å². The van der Waals surface area contributed by atoms with Crippen molar-refractivity contribution in [3.05, 3.63) is 83.3 Å². The minimum Gasteiger partial charge on any atom is -0.481 e. The number of benzene rings is 2. The number of rotatable bonds is 5. The molecular formula is C24H22ClFN4O3. The van der Waals surface area contributed by atoms with E-state index in [2.05, 4.69) is 15.6 Å². The molecule has 33 heavy (non-hydrogen) atoms. The molecular weight excluding hydrogens is 447 g/mol. The monoisotopic (exact) mass is 468 g/mol. The first kappa shape index (κ1) is 22.5. The van der Waals surface area contributed by atoms with E-state index in [-0.39, 0.29) is 24.1 Å². The Morgan fingerprint density at radius 2 is 1.85 bits per heavy atom. The maximum Gasteiger partial charge on any atom is 0.319 e. The van der Waals surface area contributed by atoms with E-state index in [9.17, 15) is 14.0 Å². The summed E-state index contributed by atoms with van der Waals surface area (Å²) in [6, 6.07) is 15.2. The minimum atomic E-state index is -0.475. The van der Waals surface area contributed by atoms with Gasteiger partial charge in [0.2, 0.25) is 11.8 Å². The van der Waals surface area contributed by atoms with Crippen LogP contribution in [0.2, 0.25) is 5.02 Å². The molecule has 0 unspecified atom stereocenters. The molecule has 7 nitrogen and oxygen atoms in total. The minimum absolute atomic E-state index is 0.0715. The van der Waals surface area contributed by atoms with Gasteiger partial charge in [0.25, 0.3) is 0 Å². The SMILES string of the molecule is COc1ccc([C@@H]2CN(c3ccc(F)cc3)C(=O)C[C@H]2NC(=O)Nc2ccc(Cl)cc2)cn1. The number of piperidine rings is 1. The molecule has 2 atom stereocenters. The van der Waals surface area contributed by atoms with Crippen molar-refractivity contribution >= 4 is 34.9 Å². The van der Waals surface area contributed by atoms with Crippen LogP contribution in [0.15, 0.2) is 66.9 Å². The van der Waals surface area contributed by atoms with Gasteiger partial charge in [0.15, 0.2) is 0 Å². The lowest BCUT2D eigenvalue weighted by Gasteiger charge is -2.38. The molecule has 3 amide bonds. The van der Waals surface area contributed by atoms with Crippen LogP contribution in [0.25, 0.3) is 0 Å². The number of urea groups is 1. The quantitative estimate of drug-likeness (QED) is 0.573. The van der Waals surface area contributed by atoms with Crippen molar-refractivity contribution in [2.24, 2.45) is 0 Å². The summed E-state index contributed by atoms with van der Waals surface area (Å²) in [6.45, 7) is 0.296. The molecule has 1 aliphatic rings. The summed E-state index contributed by atoms with van der Waals surface area (Å²) in [4.78, 5) is 31.5. The molecule has 0 radical (unpaired) electrons. The van der Waals surface area contributed by atoms with Gasteiger partial charge >= 0.3 is 6.03 Å². The third-order valence-corrected chi connectivity index (χ3v) is 5.77. The Labute approximate surface area is 195 Å². The van der Waals surface area contributed by atoms with E-state index in [1.54, 1.807) is 53.6 Å². The molecule has 0 bridgehead atoms. The summed E-state index contributed by atoms with van der Waals surface area (Å²) >= 11 is 5.90. The summed E-state index contributed by atoms with van der Waals surface area (Å²) in [5, 5.41) is 6.24. The number of carbonyl (C=O) groups is 2. The molecule has 0 aliphatic carbocycles. The molecule has 2 heterocycles. The smallest absolute Gasteiger partial charge is 0.319 e. The third-order valence-electron chi connectivity index (χ3n) is 5.51.